The van der Waals surface area contributed by atoms with Gasteiger partial charge in [-0.15, -0.1) is 0 Å². The van der Waals surface area contributed by atoms with Gasteiger partial charge in [0.15, 0.2) is 5.78 Å². The van der Waals surface area contributed by atoms with Gasteiger partial charge in [-0.2, -0.15) is 0 Å². The summed E-state index contributed by atoms with van der Waals surface area (Å²) in [5.74, 6) is 0.0617. The molecule has 21 heavy (non-hydrogen) atoms. The molecule has 0 bridgehead atoms. The summed E-state index contributed by atoms with van der Waals surface area (Å²) in [6.07, 6.45) is 0.523. The van der Waals surface area contributed by atoms with E-state index in [9.17, 15) is 9.90 Å². The Hall–Kier alpha value is -1.39. The second kappa shape index (κ2) is 8.80. The third-order valence-electron chi connectivity index (χ3n) is 3.55. The van der Waals surface area contributed by atoms with Gasteiger partial charge in [0.1, 0.15) is 6.10 Å². The molecule has 4 nitrogen and oxygen atoms in total. The van der Waals surface area contributed by atoms with Crippen LogP contribution in [0.2, 0.25) is 0 Å². The first-order valence-electron chi connectivity index (χ1n) is 7.55. The summed E-state index contributed by atoms with van der Waals surface area (Å²) >= 11 is 0. The Morgan fingerprint density at radius 1 is 1.33 bits per heavy atom. The fraction of sp³-hybridized carbons (Fsp3) is 0.588. The van der Waals surface area contributed by atoms with Gasteiger partial charge in [-0.1, -0.05) is 39.0 Å². The highest BCUT2D eigenvalue weighted by Gasteiger charge is 2.24. The maximum atomic E-state index is 12.2. The number of nitrogens with zero attached hydrogens (tertiary/aromatic N) is 1. The van der Waals surface area contributed by atoms with E-state index in [1.54, 1.807) is 7.11 Å². The van der Waals surface area contributed by atoms with Crippen LogP contribution in [0.3, 0.4) is 0 Å². The van der Waals surface area contributed by atoms with Crippen LogP contribution in [-0.2, 0) is 16.1 Å². The number of carbonyl (C=O) groups excluding carboxylic acids is 1. The summed E-state index contributed by atoms with van der Waals surface area (Å²) in [5.41, 5.74) is 1.85. The molecule has 0 saturated carbocycles. The highest BCUT2D eigenvalue weighted by atomic mass is 16.5. The number of aliphatic hydroxyl groups is 1. The topological polar surface area (TPSA) is 49.8 Å². The molecule has 118 valence electrons. The molecule has 4 heteroatoms. The van der Waals surface area contributed by atoms with Crippen LogP contribution in [0.1, 0.15) is 32.8 Å². The van der Waals surface area contributed by atoms with Crippen LogP contribution in [0.25, 0.3) is 0 Å². The molecule has 0 aromatic heterocycles. The van der Waals surface area contributed by atoms with E-state index in [0.29, 0.717) is 6.54 Å². The van der Waals surface area contributed by atoms with E-state index >= 15 is 0 Å². The zero-order valence-corrected chi connectivity index (χ0v) is 13.5. The highest BCUT2D eigenvalue weighted by molar-refractivity contribution is 5.85. The van der Waals surface area contributed by atoms with E-state index in [0.717, 1.165) is 24.2 Å². The third kappa shape index (κ3) is 4.83. The van der Waals surface area contributed by atoms with Crippen molar-refractivity contribution in [1.82, 2.24) is 0 Å². The fourth-order valence-electron chi connectivity index (χ4n) is 2.39. The van der Waals surface area contributed by atoms with E-state index < -0.39 is 6.10 Å². The summed E-state index contributed by atoms with van der Waals surface area (Å²) in [4.78, 5) is 14.3. The molecule has 0 heterocycles. The molecular weight excluding hydrogens is 266 g/mol. The third-order valence-corrected chi connectivity index (χ3v) is 3.55. The number of ether oxygens (including phenoxy) is 1. The number of carbonyl (C=O) groups is 1. The van der Waals surface area contributed by atoms with Gasteiger partial charge in [0.05, 0.1) is 13.2 Å². The average Bonchev–Trinajstić information content (AvgIpc) is 2.50. The number of Topliss-reactive ketones (excluding diaryl/α,β-unsaturated/α-hetero) is 1. The Balaban J connectivity index is 2.98. The van der Waals surface area contributed by atoms with E-state index in [1.165, 1.54) is 0 Å². The predicted molar refractivity (Wildman–Crippen MR) is 85.5 cm³/mol. The SMILES string of the molecule is CCCN(CC(OC)C(=O)C(C)C)c1ccccc1CO. The largest absolute Gasteiger partial charge is 0.392 e. The first-order chi connectivity index (χ1) is 10.0. The molecule has 0 radical (unpaired) electrons. The number of anilines is 1. The number of para-hydroxylation sites is 1. The van der Waals surface area contributed by atoms with E-state index in [2.05, 4.69) is 11.8 Å². The van der Waals surface area contributed by atoms with Gasteiger partial charge in [-0.3, -0.25) is 4.79 Å². The van der Waals surface area contributed by atoms with Crippen molar-refractivity contribution in [3.8, 4) is 0 Å². The standard InChI is InChI=1S/C17H27NO3/c1-5-10-18(11-16(21-4)17(20)13(2)3)15-9-7-6-8-14(15)12-19/h6-9,13,16,19H,5,10-12H2,1-4H3. The van der Waals surface area contributed by atoms with Crippen LogP contribution in [0.5, 0.6) is 0 Å². The van der Waals surface area contributed by atoms with Crippen molar-refractivity contribution in [2.24, 2.45) is 5.92 Å². The lowest BCUT2D eigenvalue weighted by Crippen LogP contribution is -2.40. The van der Waals surface area contributed by atoms with Crippen molar-refractivity contribution in [2.45, 2.75) is 39.9 Å². The van der Waals surface area contributed by atoms with Crippen LogP contribution in [0.15, 0.2) is 24.3 Å². The molecule has 1 atom stereocenters. The van der Waals surface area contributed by atoms with Gasteiger partial charge in [-0.05, 0) is 12.5 Å². The van der Waals surface area contributed by atoms with Gasteiger partial charge in [-0.25, -0.2) is 0 Å². The van der Waals surface area contributed by atoms with E-state index in [4.69, 9.17) is 4.74 Å². The molecule has 0 spiro atoms. The van der Waals surface area contributed by atoms with Gasteiger partial charge in [0.25, 0.3) is 0 Å². The van der Waals surface area contributed by atoms with Crippen molar-refractivity contribution in [2.75, 3.05) is 25.1 Å². The molecule has 0 aliphatic rings. The quantitative estimate of drug-likeness (QED) is 0.760. The van der Waals surface area contributed by atoms with Crippen LogP contribution in [0.4, 0.5) is 5.69 Å². The van der Waals surface area contributed by atoms with Crippen LogP contribution in [-0.4, -0.2) is 37.2 Å². The van der Waals surface area contributed by atoms with Crippen LogP contribution in [0, 0.1) is 5.92 Å². The molecule has 1 unspecified atom stereocenters. The zero-order chi connectivity index (χ0) is 15.8. The van der Waals surface area contributed by atoms with Crippen molar-refractivity contribution in [1.29, 1.82) is 0 Å². The number of hydrogen-bond donors (Lipinski definition) is 1. The summed E-state index contributed by atoms with van der Waals surface area (Å²) in [5, 5.41) is 9.50. The number of methoxy groups -OCH3 is 1. The lowest BCUT2D eigenvalue weighted by atomic mass is 10.0. The monoisotopic (exact) mass is 293 g/mol. The van der Waals surface area contributed by atoms with Crippen molar-refractivity contribution < 1.29 is 14.6 Å². The minimum Gasteiger partial charge on any atom is -0.392 e. The smallest absolute Gasteiger partial charge is 0.165 e. The van der Waals surface area contributed by atoms with Gasteiger partial charge < -0.3 is 14.7 Å². The maximum Gasteiger partial charge on any atom is 0.165 e. The predicted octanol–water partition coefficient (Wildman–Crippen LogP) is 2.64. The van der Waals surface area contributed by atoms with Crippen molar-refractivity contribution >= 4 is 11.5 Å². The lowest BCUT2D eigenvalue weighted by molar-refractivity contribution is -0.131. The molecule has 0 aliphatic heterocycles. The maximum absolute atomic E-state index is 12.2. The summed E-state index contributed by atoms with van der Waals surface area (Å²) in [6.45, 7) is 7.20. The lowest BCUT2D eigenvalue weighted by Gasteiger charge is -2.30. The number of rotatable bonds is 9. The van der Waals surface area contributed by atoms with Crippen LogP contribution >= 0.6 is 0 Å². The molecule has 0 amide bonds. The normalized spacial score (nSPS) is 12.5. The van der Waals surface area contributed by atoms with Gasteiger partial charge >= 0.3 is 0 Å². The molecule has 0 aliphatic carbocycles. The van der Waals surface area contributed by atoms with Crippen LogP contribution < -0.4 is 4.90 Å². The number of hydrogen-bond acceptors (Lipinski definition) is 4. The highest BCUT2D eigenvalue weighted by Crippen LogP contribution is 2.22. The number of aliphatic hydroxyl groups excluding tert-OH is 1. The molecular formula is C17H27NO3. The van der Waals surface area contributed by atoms with Gasteiger partial charge in [0.2, 0.25) is 0 Å². The molecule has 0 saturated heterocycles. The Kier molecular flexibility index (Phi) is 7.40. The molecule has 1 aromatic rings. The Labute approximate surface area is 127 Å². The summed E-state index contributed by atoms with van der Waals surface area (Å²) < 4.78 is 5.39. The van der Waals surface area contributed by atoms with Gasteiger partial charge in [0, 0.05) is 30.8 Å². The fourth-order valence-corrected chi connectivity index (χ4v) is 2.39. The molecule has 1 rings (SSSR count). The molecule has 0 fully saturated rings. The minimum absolute atomic E-state index is 0.00777. The van der Waals surface area contributed by atoms with Crippen molar-refractivity contribution in [3.63, 3.8) is 0 Å². The second-order valence-corrected chi connectivity index (χ2v) is 5.51. The Morgan fingerprint density at radius 2 is 2.00 bits per heavy atom. The molecule has 1 N–H and O–H groups in total. The Bertz CT molecular complexity index is 445. The second-order valence-electron chi connectivity index (χ2n) is 5.51. The van der Waals surface area contributed by atoms with E-state index in [-0.39, 0.29) is 18.3 Å². The molecule has 1 aromatic carbocycles. The first kappa shape index (κ1) is 17.7. The Morgan fingerprint density at radius 3 is 2.52 bits per heavy atom. The van der Waals surface area contributed by atoms with Crippen molar-refractivity contribution in [3.05, 3.63) is 29.8 Å². The first-order valence-corrected chi connectivity index (χ1v) is 7.55. The summed E-state index contributed by atoms with van der Waals surface area (Å²) in [7, 11) is 1.58. The zero-order valence-electron chi connectivity index (χ0n) is 13.5. The van der Waals surface area contributed by atoms with E-state index in [1.807, 2.05) is 38.1 Å². The average molecular weight is 293 g/mol. The minimum atomic E-state index is -0.441. The number of ketones is 1. The summed E-state index contributed by atoms with van der Waals surface area (Å²) in [6, 6.07) is 7.74. The number of benzene rings is 1.